The monoisotopic (exact) mass is 163 g/mol. The van der Waals surface area contributed by atoms with Crippen molar-refractivity contribution in [1.29, 1.82) is 0 Å². The van der Waals surface area contributed by atoms with Gasteiger partial charge in [-0.2, -0.15) is 0 Å². The summed E-state index contributed by atoms with van der Waals surface area (Å²) in [6.07, 6.45) is 0.888. The van der Waals surface area contributed by atoms with Crippen LogP contribution in [-0.2, 0) is 10.8 Å². The van der Waals surface area contributed by atoms with Crippen LogP contribution < -0.4 is 5.73 Å². The van der Waals surface area contributed by atoms with Crippen LogP contribution in [0.15, 0.2) is 0 Å². The third-order valence-electron chi connectivity index (χ3n) is 1.10. The molecule has 0 spiro atoms. The predicted molar refractivity (Wildman–Crippen MR) is 46.4 cm³/mol. The van der Waals surface area contributed by atoms with Gasteiger partial charge in [-0.1, -0.05) is 13.8 Å². The Hall–Kier alpha value is 0.110. The van der Waals surface area contributed by atoms with Crippen molar-refractivity contribution in [3.8, 4) is 0 Å². The fourth-order valence-electron chi connectivity index (χ4n) is 0.699. The molecule has 0 aliphatic heterocycles. The maximum Gasteiger partial charge on any atom is 0.0257 e. The Morgan fingerprint density at radius 2 is 2.10 bits per heavy atom. The fourth-order valence-corrected chi connectivity index (χ4v) is 2.10. The molecule has 0 aromatic heterocycles. The van der Waals surface area contributed by atoms with Crippen LogP contribution in [0.5, 0.6) is 0 Å². The number of rotatable bonds is 5. The summed E-state index contributed by atoms with van der Waals surface area (Å²) in [5.74, 6) is 2.13. The third-order valence-corrected chi connectivity index (χ3v) is 2.88. The van der Waals surface area contributed by atoms with Crippen LogP contribution in [0.25, 0.3) is 0 Å². The Bertz CT molecular complexity index is 104. The van der Waals surface area contributed by atoms with Crippen LogP contribution in [0.2, 0.25) is 0 Å². The van der Waals surface area contributed by atoms with Crippen molar-refractivity contribution in [3.05, 3.63) is 0 Å². The van der Waals surface area contributed by atoms with Crippen molar-refractivity contribution in [1.82, 2.24) is 0 Å². The Morgan fingerprint density at radius 1 is 1.50 bits per heavy atom. The lowest BCUT2D eigenvalue weighted by molar-refractivity contribution is 0.662. The molecule has 10 heavy (non-hydrogen) atoms. The molecule has 2 nitrogen and oxygen atoms in total. The Morgan fingerprint density at radius 3 is 2.50 bits per heavy atom. The zero-order valence-corrected chi connectivity index (χ0v) is 7.62. The first-order valence-electron chi connectivity index (χ1n) is 3.72. The summed E-state index contributed by atoms with van der Waals surface area (Å²) < 4.78 is 11.1. The van der Waals surface area contributed by atoms with E-state index in [2.05, 4.69) is 13.8 Å². The third kappa shape index (κ3) is 6.23. The predicted octanol–water partition coefficient (Wildman–Crippen LogP) is 0.740. The molecule has 0 heterocycles. The van der Waals surface area contributed by atoms with Crippen LogP contribution in [0.4, 0.5) is 0 Å². The Balaban J connectivity index is 3.26. The van der Waals surface area contributed by atoms with Crippen LogP contribution >= 0.6 is 0 Å². The van der Waals surface area contributed by atoms with Gasteiger partial charge >= 0.3 is 0 Å². The average Bonchev–Trinajstić information content (AvgIpc) is 1.82. The van der Waals surface area contributed by atoms with E-state index in [4.69, 9.17) is 5.73 Å². The maximum absolute atomic E-state index is 11.1. The highest BCUT2D eigenvalue weighted by Gasteiger charge is 2.01. The summed E-state index contributed by atoms with van der Waals surface area (Å²) in [7, 11) is -0.630. The molecule has 2 N–H and O–H groups in total. The fraction of sp³-hybridized carbons (Fsp3) is 1.00. The van der Waals surface area contributed by atoms with Crippen LogP contribution in [0.1, 0.15) is 20.3 Å². The molecule has 0 aromatic rings. The van der Waals surface area contributed by atoms with Gasteiger partial charge in [0.2, 0.25) is 0 Å². The topological polar surface area (TPSA) is 43.1 Å². The molecule has 0 radical (unpaired) electrons. The molecule has 0 saturated heterocycles. The van der Waals surface area contributed by atoms with E-state index in [1.165, 1.54) is 0 Å². The van der Waals surface area contributed by atoms with Gasteiger partial charge in [0.25, 0.3) is 0 Å². The molecular weight excluding hydrogens is 146 g/mol. The van der Waals surface area contributed by atoms with E-state index in [9.17, 15) is 4.21 Å². The molecule has 0 aliphatic rings. The lowest BCUT2D eigenvalue weighted by Crippen LogP contribution is -2.11. The van der Waals surface area contributed by atoms with E-state index in [0.29, 0.717) is 12.5 Å². The van der Waals surface area contributed by atoms with Crippen LogP contribution in [0.3, 0.4) is 0 Å². The molecule has 1 atom stereocenters. The average molecular weight is 163 g/mol. The quantitative estimate of drug-likeness (QED) is 0.649. The molecule has 0 aliphatic carbocycles. The number of nitrogens with two attached hydrogens (primary N) is 1. The first-order chi connectivity index (χ1) is 4.66. The minimum atomic E-state index is -0.630. The summed E-state index contributed by atoms with van der Waals surface area (Å²) in [6, 6.07) is 0. The van der Waals surface area contributed by atoms with E-state index < -0.39 is 10.8 Å². The zero-order chi connectivity index (χ0) is 7.98. The van der Waals surface area contributed by atoms with Crippen molar-refractivity contribution >= 4 is 10.8 Å². The van der Waals surface area contributed by atoms with Gasteiger partial charge in [0.1, 0.15) is 0 Å². The molecule has 1 unspecified atom stereocenters. The van der Waals surface area contributed by atoms with Gasteiger partial charge in [0, 0.05) is 22.3 Å². The second kappa shape index (κ2) is 5.86. The smallest absolute Gasteiger partial charge is 0.0257 e. The first-order valence-corrected chi connectivity index (χ1v) is 5.20. The molecule has 0 amide bonds. The van der Waals surface area contributed by atoms with Gasteiger partial charge in [-0.15, -0.1) is 0 Å². The van der Waals surface area contributed by atoms with Gasteiger partial charge < -0.3 is 5.73 Å². The van der Waals surface area contributed by atoms with Crippen molar-refractivity contribution in [3.63, 3.8) is 0 Å². The van der Waals surface area contributed by atoms with Crippen molar-refractivity contribution in [2.24, 2.45) is 11.7 Å². The van der Waals surface area contributed by atoms with Gasteiger partial charge in [0.15, 0.2) is 0 Å². The summed E-state index contributed by atoms with van der Waals surface area (Å²) >= 11 is 0. The van der Waals surface area contributed by atoms with Gasteiger partial charge in [-0.05, 0) is 18.9 Å². The van der Waals surface area contributed by atoms with Crippen LogP contribution in [0, 0.1) is 5.92 Å². The molecule has 0 bridgehead atoms. The highest BCUT2D eigenvalue weighted by atomic mass is 32.2. The first kappa shape index (κ1) is 10.1. The van der Waals surface area contributed by atoms with Crippen LogP contribution in [-0.4, -0.2) is 22.3 Å². The summed E-state index contributed by atoms with van der Waals surface area (Å²) in [6.45, 7) is 4.82. The van der Waals surface area contributed by atoms with Crippen molar-refractivity contribution in [2.75, 3.05) is 18.1 Å². The summed E-state index contributed by atoms with van der Waals surface area (Å²) in [5.41, 5.74) is 5.27. The Kier molecular flexibility index (Phi) is 5.93. The largest absolute Gasteiger partial charge is 0.330 e. The molecule has 62 valence electrons. The SMILES string of the molecule is CC(C)CS(=O)CCCN. The van der Waals surface area contributed by atoms with E-state index in [-0.39, 0.29) is 0 Å². The molecule has 0 saturated carbocycles. The minimum Gasteiger partial charge on any atom is -0.330 e. The Labute approximate surface area is 65.6 Å². The lowest BCUT2D eigenvalue weighted by atomic mass is 10.3. The molecule has 0 fully saturated rings. The number of hydrogen-bond acceptors (Lipinski definition) is 2. The van der Waals surface area contributed by atoms with Gasteiger partial charge in [-0.25, -0.2) is 0 Å². The van der Waals surface area contributed by atoms with E-state index >= 15 is 0 Å². The van der Waals surface area contributed by atoms with E-state index in [1.54, 1.807) is 0 Å². The van der Waals surface area contributed by atoms with E-state index in [0.717, 1.165) is 17.9 Å². The van der Waals surface area contributed by atoms with E-state index in [1.807, 2.05) is 0 Å². The molecule has 3 heteroatoms. The second-order valence-corrected chi connectivity index (χ2v) is 4.47. The normalized spacial score (nSPS) is 14.0. The zero-order valence-electron chi connectivity index (χ0n) is 6.80. The molecular formula is C7H17NOS. The standard InChI is InChI=1S/C7H17NOS/c1-7(2)6-10(9)5-3-4-8/h7H,3-6,8H2,1-2H3. The lowest BCUT2D eigenvalue weighted by Gasteiger charge is -2.02. The minimum absolute atomic E-state index is 0.540. The summed E-state index contributed by atoms with van der Waals surface area (Å²) in [5, 5.41) is 0. The highest BCUT2D eigenvalue weighted by molar-refractivity contribution is 7.84. The second-order valence-electron chi connectivity index (χ2n) is 2.85. The molecule has 0 rings (SSSR count). The molecule has 0 aromatic carbocycles. The maximum atomic E-state index is 11.1. The van der Waals surface area contributed by atoms with Crippen molar-refractivity contribution in [2.45, 2.75) is 20.3 Å². The number of hydrogen-bond donors (Lipinski definition) is 1. The highest BCUT2D eigenvalue weighted by Crippen LogP contribution is 1.96. The summed E-state index contributed by atoms with van der Waals surface area (Å²) in [4.78, 5) is 0. The van der Waals surface area contributed by atoms with Gasteiger partial charge in [0.05, 0.1) is 0 Å². The van der Waals surface area contributed by atoms with Crippen molar-refractivity contribution < 1.29 is 4.21 Å². The van der Waals surface area contributed by atoms with Gasteiger partial charge in [-0.3, -0.25) is 4.21 Å².